The molecule has 0 fully saturated rings. The first-order valence-corrected chi connectivity index (χ1v) is 5.39. The molecule has 1 aromatic rings. The molecule has 0 saturated heterocycles. The van der Waals surface area contributed by atoms with Gasteiger partial charge in [0.15, 0.2) is 0 Å². The summed E-state index contributed by atoms with van der Waals surface area (Å²) in [4.78, 5) is 4.35. The lowest BCUT2D eigenvalue weighted by atomic mass is 10.2. The predicted octanol–water partition coefficient (Wildman–Crippen LogP) is 1.87. The van der Waals surface area contributed by atoms with Gasteiger partial charge in [-0.1, -0.05) is 6.92 Å². The van der Waals surface area contributed by atoms with Crippen molar-refractivity contribution in [1.82, 2.24) is 14.9 Å². The lowest BCUT2D eigenvalue weighted by Crippen LogP contribution is -2.24. The average molecular weight is 205 g/mol. The molecule has 0 amide bonds. The van der Waals surface area contributed by atoms with Crippen molar-refractivity contribution >= 4 is 0 Å². The van der Waals surface area contributed by atoms with Gasteiger partial charge >= 0.3 is 0 Å². The van der Waals surface area contributed by atoms with Crippen molar-refractivity contribution in [2.75, 3.05) is 6.54 Å². The average Bonchev–Trinajstić information content (AvgIpc) is 2.65. The molecule has 3 heteroatoms. The summed E-state index contributed by atoms with van der Waals surface area (Å²) in [6.07, 6.45) is 5.74. The molecule has 1 heterocycles. The highest BCUT2D eigenvalue weighted by atomic mass is 15.1. The number of aryl methyl sites for hydroxylation is 1. The van der Waals surface area contributed by atoms with Gasteiger partial charge in [-0.25, -0.2) is 4.98 Å². The van der Waals surface area contributed by atoms with E-state index in [9.17, 15) is 0 Å². The fourth-order valence-corrected chi connectivity index (χ4v) is 1.49. The van der Waals surface area contributed by atoms with Crippen molar-refractivity contribution in [3.63, 3.8) is 0 Å². The molecule has 0 aliphatic rings. The van der Waals surface area contributed by atoms with E-state index < -0.39 is 0 Å². The van der Waals surface area contributed by atoms with E-state index in [-0.39, 0.29) is 6.04 Å². The standard InChI is InChI=1S/C12H19N3/c1-4-6-7-11(13-8-5-2)12-14-9-10-15(12)3/h9-11,13H,5,7-8H2,1-3H3. The maximum absolute atomic E-state index is 4.35. The molecule has 15 heavy (non-hydrogen) atoms. The monoisotopic (exact) mass is 205 g/mol. The fraction of sp³-hybridized carbons (Fsp3) is 0.583. The summed E-state index contributed by atoms with van der Waals surface area (Å²) in [5.74, 6) is 7.10. The van der Waals surface area contributed by atoms with Gasteiger partial charge < -0.3 is 9.88 Å². The Morgan fingerprint density at radius 3 is 2.93 bits per heavy atom. The van der Waals surface area contributed by atoms with Gasteiger partial charge in [0.2, 0.25) is 0 Å². The second kappa shape index (κ2) is 6.26. The van der Waals surface area contributed by atoms with E-state index in [4.69, 9.17) is 0 Å². The molecule has 82 valence electrons. The van der Waals surface area contributed by atoms with E-state index in [0.717, 1.165) is 25.2 Å². The Hall–Kier alpha value is -1.27. The Bertz CT molecular complexity index is 343. The van der Waals surface area contributed by atoms with E-state index in [1.165, 1.54) is 0 Å². The lowest BCUT2D eigenvalue weighted by Gasteiger charge is -2.15. The molecular formula is C12H19N3. The maximum Gasteiger partial charge on any atom is 0.126 e. The first kappa shape index (κ1) is 11.8. The van der Waals surface area contributed by atoms with Gasteiger partial charge in [-0.05, 0) is 19.9 Å². The van der Waals surface area contributed by atoms with Crippen LogP contribution in [-0.2, 0) is 7.05 Å². The van der Waals surface area contributed by atoms with Gasteiger partial charge in [0.05, 0.1) is 6.04 Å². The first-order valence-electron chi connectivity index (χ1n) is 5.39. The van der Waals surface area contributed by atoms with Gasteiger partial charge in [0.25, 0.3) is 0 Å². The number of rotatable bonds is 5. The highest BCUT2D eigenvalue weighted by molar-refractivity contribution is 5.06. The molecule has 1 N–H and O–H groups in total. The van der Waals surface area contributed by atoms with Gasteiger partial charge in [-0.15, -0.1) is 11.8 Å². The lowest BCUT2D eigenvalue weighted by molar-refractivity contribution is 0.503. The van der Waals surface area contributed by atoms with Crippen LogP contribution in [0.25, 0.3) is 0 Å². The van der Waals surface area contributed by atoms with Crippen LogP contribution in [0.5, 0.6) is 0 Å². The molecule has 0 saturated carbocycles. The molecule has 3 nitrogen and oxygen atoms in total. The highest BCUT2D eigenvalue weighted by Gasteiger charge is 2.13. The zero-order chi connectivity index (χ0) is 11.1. The van der Waals surface area contributed by atoms with Crippen molar-refractivity contribution in [3.05, 3.63) is 18.2 Å². The molecule has 0 bridgehead atoms. The second-order valence-electron chi connectivity index (χ2n) is 3.53. The molecular weight excluding hydrogens is 186 g/mol. The van der Waals surface area contributed by atoms with E-state index in [2.05, 4.69) is 29.1 Å². The molecule has 0 spiro atoms. The van der Waals surface area contributed by atoms with Crippen LogP contribution in [-0.4, -0.2) is 16.1 Å². The second-order valence-corrected chi connectivity index (χ2v) is 3.53. The van der Waals surface area contributed by atoms with Crippen LogP contribution in [0.2, 0.25) is 0 Å². The van der Waals surface area contributed by atoms with Crippen LogP contribution in [0, 0.1) is 11.8 Å². The zero-order valence-electron chi connectivity index (χ0n) is 9.75. The fourth-order valence-electron chi connectivity index (χ4n) is 1.49. The van der Waals surface area contributed by atoms with Crippen LogP contribution in [0.4, 0.5) is 0 Å². The minimum absolute atomic E-state index is 0.248. The number of aromatic nitrogens is 2. The van der Waals surface area contributed by atoms with Crippen molar-refractivity contribution in [1.29, 1.82) is 0 Å². The Balaban J connectivity index is 2.70. The smallest absolute Gasteiger partial charge is 0.126 e. The minimum atomic E-state index is 0.248. The number of nitrogens with one attached hydrogen (secondary N) is 1. The van der Waals surface area contributed by atoms with Crippen molar-refractivity contribution in [2.45, 2.75) is 32.7 Å². The first-order chi connectivity index (χ1) is 7.29. The van der Waals surface area contributed by atoms with Crippen molar-refractivity contribution in [3.8, 4) is 11.8 Å². The van der Waals surface area contributed by atoms with Crippen molar-refractivity contribution < 1.29 is 0 Å². The van der Waals surface area contributed by atoms with Crippen molar-refractivity contribution in [2.24, 2.45) is 7.05 Å². The minimum Gasteiger partial charge on any atom is -0.337 e. The van der Waals surface area contributed by atoms with Crippen LogP contribution in [0.1, 0.15) is 38.6 Å². The summed E-state index contributed by atoms with van der Waals surface area (Å²) in [6, 6.07) is 0.248. The Morgan fingerprint density at radius 2 is 2.40 bits per heavy atom. The summed E-state index contributed by atoms with van der Waals surface area (Å²) >= 11 is 0. The molecule has 0 radical (unpaired) electrons. The van der Waals surface area contributed by atoms with Crippen LogP contribution >= 0.6 is 0 Å². The number of imidazole rings is 1. The molecule has 0 aromatic carbocycles. The molecule has 1 aromatic heterocycles. The van der Waals surface area contributed by atoms with Gasteiger partial charge in [0, 0.05) is 25.9 Å². The Kier molecular flexibility index (Phi) is 4.92. The summed E-state index contributed by atoms with van der Waals surface area (Å²) < 4.78 is 2.05. The van der Waals surface area contributed by atoms with Gasteiger partial charge in [-0.2, -0.15) is 0 Å². The number of hydrogen-bond acceptors (Lipinski definition) is 2. The maximum atomic E-state index is 4.35. The Labute approximate surface area is 91.9 Å². The third-order valence-corrected chi connectivity index (χ3v) is 2.29. The molecule has 1 unspecified atom stereocenters. The third-order valence-electron chi connectivity index (χ3n) is 2.29. The molecule has 0 aliphatic heterocycles. The zero-order valence-corrected chi connectivity index (χ0v) is 9.75. The van der Waals surface area contributed by atoms with E-state index in [1.54, 1.807) is 0 Å². The van der Waals surface area contributed by atoms with Gasteiger partial charge in [0.1, 0.15) is 5.82 Å². The molecule has 1 atom stereocenters. The quantitative estimate of drug-likeness (QED) is 0.744. The number of hydrogen-bond donors (Lipinski definition) is 1. The van der Waals surface area contributed by atoms with E-state index in [1.807, 2.05) is 30.9 Å². The predicted molar refractivity (Wildman–Crippen MR) is 62.3 cm³/mol. The molecule has 0 aliphatic carbocycles. The largest absolute Gasteiger partial charge is 0.337 e. The van der Waals surface area contributed by atoms with Gasteiger partial charge in [-0.3, -0.25) is 0 Å². The van der Waals surface area contributed by atoms with Crippen LogP contribution in [0.3, 0.4) is 0 Å². The summed E-state index contributed by atoms with van der Waals surface area (Å²) in [6.45, 7) is 5.03. The third kappa shape index (κ3) is 3.41. The summed E-state index contributed by atoms with van der Waals surface area (Å²) in [5.41, 5.74) is 0. The molecule has 1 rings (SSSR count). The summed E-state index contributed by atoms with van der Waals surface area (Å²) in [7, 11) is 2.02. The number of nitrogens with zero attached hydrogens (tertiary/aromatic N) is 2. The normalized spacial score (nSPS) is 11.9. The van der Waals surface area contributed by atoms with Crippen LogP contribution in [0.15, 0.2) is 12.4 Å². The Morgan fingerprint density at radius 1 is 1.60 bits per heavy atom. The van der Waals surface area contributed by atoms with Crippen LogP contribution < -0.4 is 5.32 Å². The van der Waals surface area contributed by atoms with E-state index >= 15 is 0 Å². The topological polar surface area (TPSA) is 29.9 Å². The van der Waals surface area contributed by atoms with E-state index in [0.29, 0.717) is 0 Å². The highest BCUT2D eigenvalue weighted by Crippen LogP contribution is 2.13. The SMILES string of the molecule is CC#CCC(NCCC)c1nccn1C. The summed E-state index contributed by atoms with van der Waals surface area (Å²) in [5, 5.41) is 3.46.